The van der Waals surface area contributed by atoms with Gasteiger partial charge in [-0.05, 0) is 83.5 Å². The topological polar surface area (TPSA) is 189 Å². The molecule has 0 aromatic rings. The molecule has 11 heteroatoms. The number of unbranched alkanes of at least 4 members (excludes halogenated alkanes) is 42. The van der Waals surface area contributed by atoms with Crippen LogP contribution in [-0.2, 0) is 14.3 Å². The monoisotopic (exact) mass is 1170 g/mol. The van der Waals surface area contributed by atoms with E-state index in [9.17, 15) is 40.5 Å². The van der Waals surface area contributed by atoms with E-state index in [0.29, 0.717) is 19.3 Å². The van der Waals surface area contributed by atoms with Gasteiger partial charge >= 0.3 is 0 Å². The van der Waals surface area contributed by atoms with Crippen LogP contribution in [0.5, 0.6) is 0 Å². The highest BCUT2D eigenvalue weighted by atomic mass is 16.7. The van der Waals surface area contributed by atoms with Crippen molar-refractivity contribution in [1.82, 2.24) is 5.32 Å². The van der Waals surface area contributed by atoms with E-state index in [1.54, 1.807) is 0 Å². The summed E-state index contributed by atoms with van der Waals surface area (Å²) in [5, 5.41) is 76.5. The normalized spacial score (nSPS) is 19.3. The summed E-state index contributed by atoms with van der Waals surface area (Å²) in [4.78, 5) is 13.2. The van der Waals surface area contributed by atoms with Crippen molar-refractivity contribution in [2.75, 3.05) is 13.2 Å². The number of hydrogen-bond acceptors (Lipinski definition) is 10. The largest absolute Gasteiger partial charge is 0.394 e. The summed E-state index contributed by atoms with van der Waals surface area (Å²) in [7, 11) is 0. The van der Waals surface area contributed by atoms with Crippen LogP contribution in [0.4, 0.5) is 0 Å². The van der Waals surface area contributed by atoms with Crippen molar-refractivity contribution in [2.45, 2.75) is 390 Å². The first-order valence-corrected chi connectivity index (χ1v) is 35.5. The Hall–Kier alpha value is -1.93. The molecular formula is C72H135NO10. The Bertz CT molecular complexity index is 1490. The molecule has 0 saturated carbocycles. The Balaban J connectivity index is 2.23. The molecule has 0 aliphatic carbocycles. The van der Waals surface area contributed by atoms with Gasteiger partial charge in [-0.15, -0.1) is 0 Å². The molecule has 488 valence electrons. The first-order chi connectivity index (χ1) is 40.7. The highest BCUT2D eigenvalue weighted by Gasteiger charge is 2.44. The summed E-state index contributed by atoms with van der Waals surface area (Å²) in [6.07, 6.45) is 67.7. The third kappa shape index (κ3) is 47.8. The quantitative estimate of drug-likeness (QED) is 0.0215. The second-order valence-electron chi connectivity index (χ2n) is 24.9. The summed E-state index contributed by atoms with van der Waals surface area (Å²) >= 11 is 0. The molecule has 0 bridgehead atoms. The molecule has 1 aliphatic heterocycles. The van der Waals surface area contributed by atoms with E-state index in [4.69, 9.17) is 9.47 Å². The fourth-order valence-electron chi connectivity index (χ4n) is 11.4. The van der Waals surface area contributed by atoms with Crippen molar-refractivity contribution in [3.05, 3.63) is 48.6 Å². The summed E-state index contributed by atoms with van der Waals surface area (Å²) in [5.74, 6) is -0.712. The number of aliphatic hydroxyl groups excluding tert-OH is 7. The lowest BCUT2D eigenvalue weighted by Crippen LogP contribution is -2.60. The first kappa shape index (κ1) is 79.1. The lowest BCUT2D eigenvalue weighted by Gasteiger charge is -2.40. The van der Waals surface area contributed by atoms with E-state index in [1.165, 1.54) is 238 Å². The summed E-state index contributed by atoms with van der Waals surface area (Å²) in [6, 6.07) is -1.20. The maximum Gasteiger partial charge on any atom is 0.249 e. The molecule has 0 aromatic carbocycles. The van der Waals surface area contributed by atoms with Crippen LogP contribution < -0.4 is 5.32 Å². The van der Waals surface area contributed by atoms with Crippen molar-refractivity contribution < 1.29 is 50.0 Å². The molecule has 11 nitrogen and oxygen atoms in total. The Labute approximate surface area is 510 Å². The zero-order valence-corrected chi connectivity index (χ0v) is 53.9. The van der Waals surface area contributed by atoms with Gasteiger partial charge in [-0.2, -0.15) is 0 Å². The molecule has 1 aliphatic rings. The zero-order chi connectivity index (χ0) is 60.3. The van der Waals surface area contributed by atoms with Crippen LogP contribution in [0.2, 0.25) is 0 Å². The molecule has 1 amide bonds. The molecule has 0 aromatic heterocycles. The van der Waals surface area contributed by atoms with E-state index < -0.39 is 74.2 Å². The van der Waals surface area contributed by atoms with E-state index in [-0.39, 0.29) is 12.8 Å². The number of amides is 1. The van der Waals surface area contributed by atoms with Gasteiger partial charge < -0.3 is 50.5 Å². The minimum atomic E-state index is -1.68. The standard InChI is InChI=1S/C72H135NO10/c1-3-5-7-9-11-13-15-17-19-21-23-25-27-29-30-31-32-33-34-35-36-38-39-41-43-45-47-49-51-53-55-57-59-64(75)67(77)63(62-82-72-70(80)69(79)68(78)66(61-74)83-72)73-71(81)65(76)60-58-56-54-52-50-48-46-44-42-40-37-28-26-24-22-20-18-16-14-12-10-8-6-4-2/h24,26,37,40,43,45,51,53,63-70,72,74-80H,3-23,25,27-36,38-39,41-42,44,46-50,52,54-62H2,1-2H3,(H,73,81)/b26-24-,40-37-,45-43+,53-51+. The maximum atomic E-state index is 13.2. The van der Waals surface area contributed by atoms with E-state index in [1.807, 2.05) is 0 Å². The lowest BCUT2D eigenvalue weighted by atomic mass is 9.98. The first-order valence-electron chi connectivity index (χ1n) is 35.5. The molecule has 1 saturated heterocycles. The van der Waals surface area contributed by atoms with Gasteiger partial charge in [-0.25, -0.2) is 0 Å². The van der Waals surface area contributed by atoms with Crippen LogP contribution >= 0.6 is 0 Å². The third-order valence-electron chi connectivity index (χ3n) is 17.1. The van der Waals surface area contributed by atoms with Crippen molar-refractivity contribution in [3.8, 4) is 0 Å². The molecular weight excluding hydrogens is 1040 g/mol. The van der Waals surface area contributed by atoms with Crippen LogP contribution in [0.1, 0.15) is 335 Å². The van der Waals surface area contributed by atoms with Gasteiger partial charge in [0.25, 0.3) is 0 Å². The molecule has 8 N–H and O–H groups in total. The summed E-state index contributed by atoms with van der Waals surface area (Å²) in [5.41, 5.74) is 0. The predicted molar refractivity (Wildman–Crippen MR) is 348 cm³/mol. The van der Waals surface area contributed by atoms with E-state index >= 15 is 0 Å². The molecule has 0 spiro atoms. The van der Waals surface area contributed by atoms with E-state index in [2.05, 4.69) is 67.8 Å². The van der Waals surface area contributed by atoms with E-state index in [0.717, 1.165) is 51.4 Å². The van der Waals surface area contributed by atoms with Crippen molar-refractivity contribution in [3.63, 3.8) is 0 Å². The van der Waals surface area contributed by atoms with Gasteiger partial charge in [0.1, 0.15) is 36.6 Å². The summed E-state index contributed by atoms with van der Waals surface area (Å²) < 4.78 is 11.2. The average molecular weight is 1170 g/mol. The van der Waals surface area contributed by atoms with Gasteiger partial charge in [0.2, 0.25) is 5.91 Å². The number of ether oxygens (including phenoxy) is 2. The van der Waals surface area contributed by atoms with Crippen LogP contribution in [0.15, 0.2) is 48.6 Å². The average Bonchev–Trinajstić information content (AvgIpc) is 3.68. The Kier molecular flexibility index (Phi) is 57.5. The van der Waals surface area contributed by atoms with Crippen LogP contribution in [-0.4, -0.2) is 110 Å². The Morgan fingerprint density at radius 1 is 0.422 bits per heavy atom. The van der Waals surface area contributed by atoms with Crippen molar-refractivity contribution >= 4 is 5.91 Å². The van der Waals surface area contributed by atoms with Crippen molar-refractivity contribution in [2.24, 2.45) is 0 Å². The molecule has 83 heavy (non-hydrogen) atoms. The number of carbonyl (C=O) groups excluding carboxylic acids is 1. The van der Waals surface area contributed by atoms with Gasteiger partial charge in [0.05, 0.1) is 25.4 Å². The zero-order valence-electron chi connectivity index (χ0n) is 53.9. The SMILES string of the molecule is CCCCCCCCCCC/C=C\C/C=C\CCCCCCCCCCC(O)C(=O)NC(COC1OC(CO)C(O)C(O)C1O)C(O)C(O)CCC/C=C/CC/C=C/CCCCCCCCCCCCCCCCCCCCCCCCC. The number of aliphatic hydroxyl groups is 7. The Morgan fingerprint density at radius 3 is 1.14 bits per heavy atom. The van der Waals surface area contributed by atoms with Gasteiger partial charge in [0, 0.05) is 0 Å². The fourth-order valence-corrected chi connectivity index (χ4v) is 11.4. The third-order valence-corrected chi connectivity index (χ3v) is 17.1. The second-order valence-corrected chi connectivity index (χ2v) is 24.9. The maximum absolute atomic E-state index is 13.2. The highest BCUT2D eigenvalue weighted by molar-refractivity contribution is 5.80. The van der Waals surface area contributed by atoms with Crippen molar-refractivity contribution in [1.29, 1.82) is 0 Å². The number of rotatable bonds is 62. The second kappa shape index (κ2) is 60.4. The minimum Gasteiger partial charge on any atom is -0.394 e. The molecule has 1 heterocycles. The van der Waals surface area contributed by atoms with Crippen LogP contribution in [0, 0.1) is 0 Å². The van der Waals surface area contributed by atoms with Gasteiger partial charge in [-0.1, -0.05) is 300 Å². The summed E-state index contributed by atoms with van der Waals surface area (Å²) in [6.45, 7) is 3.48. The highest BCUT2D eigenvalue weighted by Crippen LogP contribution is 2.24. The fraction of sp³-hybridized carbons (Fsp3) is 0.875. The number of allylic oxidation sites excluding steroid dienone is 8. The Morgan fingerprint density at radius 2 is 0.759 bits per heavy atom. The molecule has 9 unspecified atom stereocenters. The van der Waals surface area contributed by atoms with Crippen LogP contribution in [0.3, 0.4) is 0 Å². The molecule has 0 radical (unpaired) electrons. The predicted octanol–water partition coefficient (Wildman–Crippen LogP) is 17.1. The van der Waals surface area contributed by atoms with Gasteiger partial charge in [0.15, 0.2) is 6.29 Å². The number of hydrogen-bond donors (Lipinski definition) is 8. The van der Waals surface area contributed by atoms with Crippen LogP contribution in [0.25, 0.3) is 0 Å². The smallest absolute Gasteiger partial charge is 0.249 e. The lowest BCUT2D eigenvalue weighted by molar-refractivity contribution is -0.303. The van der Waals surface area contributed by atoms with Gasteiger partial charge in [-0.3, -0.25) is 4.79 Å². The number of carbonyl (C=O) groups is 1. The molecule has 1 fully saturated rings. The molecule has 1 rings (SSSR count). The minimum absolute atomic E-state index is 0.243. The molecule has 9 atom stereocenters. The number of nitrogens with one attached hydrogen (secondary N) is 1.